The molecule has 3 atom stereocenters. The highest BCUT2D eigenvalue weighted by atomic mass is 35.5. The maximum Gasteiger partial charge on any atom is 0.246 e. The van der Waals surface area contributed by atoms with Crippen molar-refractivity contribution >= 4 is 45.0 Å². The van der Waals surface area contributed by atoms with Gasteiger partial charge in [-0.05, 0) is 57.7 Å². The topological polar surface area (TPSA) is 74.3 Å². The lowest BCUT2D eigenvalue weighted by atomic mass is 9.83. The number of aromatic nitrogens is 1. The largest absolute Gasteiger partial charge is 0.343 e. The number of para-hydroxylation sites is 1. The molecule has 2 amide bonds. The number of nitrogens with one attached hydrogen (secondary N) is 2. The fourth-order valence-electron chi connectivity index (χ4n) is 5.73. The second-order valence-electron chi connectivity index (χ2n) is 10.3. The van der Waals surface area contributed by atoms with Gasteiger partial charge in [-0.15, -0.1) is 11.3 Å². The predicted molar refractivity (Wildman–Crippen MR) is 151 cm³/mol. The second kappa shape index (κ2) is 11.5. The molecule has 0 radical (unpaired) electrons. The van der Waals surface area contributed by atoms with E-state index in [9.17, 15) is 9.59 Å². The molecule has 37 heavy (non-hydrogen) atoms. The Kier molecular flexibility index (Phi) is 8.12. The molecule has 2 aromatic carbocycles. The van der Waals surface area contributed by atoms with E-state index in [0.29, 0.717) is 11.6 Å². The van der Waals surface area contributed by atoms with Gasteiger partial charge in [0.2, 0.25) is 11.8 Å². The van der Waals surface area contributed by atoms with Crippen LogP contribution in [0.1, 0.15) is 62.9 Å². The molecule has 2 heterocycles. The van der Waals surface area contributed by atoms with Gasteiger partial charge in [0.25, 0.3) is 0 Å². The number of hydrogen-bond donors (Lipinski definition) is 2. The number of thiazole rings is 1. The van der Waals surface area contributed by atoms with E-state index in [0.717, 1.165) is 64.9 Å². The number of hydrogen-bond acceptors (Lipinski definition) is 5. The number of rotatable bonds is 7. The number of benzene rings is 2. The van der Waals surface area contributed by atoms with Gasteiger partial charge in [0.05, 0.1) is 22.3 Å². The number of halogens is 1. The molecule has 6 nitrogen and oxygen atoms in total. The summed E-state index contributed by atoms with van der Waals surface area (Å²) in [7, 11) is 1.77. The molecule has 8 heteroatoms. The SMILES string of the molecule is CN[C@@H](C)C(=O)N[C@H](C(=O)N1CCC[C@H]1c1nc2c(-c3ccccc3Cl)cccc2s1)C1CCCCC1. The van der Waals surface area contributed by atoms with Crippen molar-refractivity contribution < 1.29 is 9.59 Å². The van der Waals surface area contributed by atoms with Gasteiger partial charge >= 0.3 is 0 Å². The second-order valence-corrected chi connectivity index (χ2v) is 11.7. The van der Waals surface area contributed by atoms with Gasteiger partial charge in [0.15, 0.2) is 0 Å². The molecule has 0 unspecified atom stereocenters. The number of fused-ring (bicyclic) bond motifs is 1. The van der Waals surface area contributed by atoms with Crippen molar-refractivity contribution in [3.8, 4) is 11.1 Å². The Morgan fingerprint density at radius 1 is 1.03 bits per heavy atom. The zero-order valence-corrected chi connectivity index (χ0v) is 23.1. The molecule has 196 valence electrons. The summed E-state index contributed by atoms with van der Waals surface area (Å²) in [6.07, 6.45) is 7.18. The Labute approximate surface area is 227 Å². The van der Waals surface area contributed by atoms with E-state index in [1.165, 1.54) is 6.42 Å². The third-order valence-electron chi connectivity index (χ3n) is 7.93. The number of likely N-dealkylation sites (N-methyl/N-ethyl adjacent to an activating group) is 1. The van der Waals surface area contributed by atoms with Crippen molar-refractivity contribution in [3.63, 3.8) is 0 Å². The van der Waals surface area contributed by atoms with Crippen LogP contribution in [0.4, 0.5) is 0 Å². The molecule has 1 aliphatic carbocycles. The summed E-state index contributed by atoms with van der Waals surface area (Å²) in [5, 5.41) is 7.78. The third-order valence-corrected chi connectivity index (χ3v) is 9.38. The van der Waals surface area contributed by atoms with Crippen LogP contribution in [0.5, 0.6) is 0 Å². The molecule has 3 aromatic rings. The van der Waals surface area contributed by atoms with Crippen LogP contribution in [-0.4, -0.2) is 47.4 Å². The van der Waals surface area contributed by atoms with Gasteiger partial charge < -0.3 is 15.5 Å². The number of likely N-dealkylation sites (tertiary alicyclic amines) is 1. The molecule has 2 N–H and O–H groups in total. The lowest BCUT2D eigenvalue weighted by Crippen LogP contribution is -2.55. The lowest BCUT2D eigenvalue weighted by molar-refractivity contribution is -0.139. The zero-order chi connectivity index (χ0) is 25.9. The number of nitrogens with zero attached hydrogens (tertiary/aromatic N) is 2. The first-order valence-electron chi connectivity index (χ1n) is 13.4. The summed E-state index contributed by atoms with van der Waals surface area (Å²) in [6.45, 7) is 2.52. The van der Waals surface area contributed by atoms with Crippen molar-refractivity contribution in [3.05, 3.63) is 52.5 Å². The molecule has 1 aliphatic heterocycles. The van der Waals surface area contributed by atoms with Crippen molar-refractivity contribution in [2.24, 2.45) is 5.92 Å². The lowest BCUT2D eigenvalue weighted by Gasteiger charge is -2.35. The van der Waals surface area contributed by atoms with E-state index in [1.54, 1.807) is 18.4 Å². The first-order chi connectivity index (χ1) is 18.0. The minimum atomic E-state index is -0.489. The molecule has 1 saturated heterocycles. The van der Waals surface area contributed by atoms with Crippen molar-refractivity contribution in [1.82, 2.24) is 20.5 Å². The van der Waals surface area contributed by atoms with E-state index in [1.807, 2.05) is 42.2 Å². The standard InChI is InChI=1S/C29H35ClN4O2S/c1-18(31-2)27(35)32-25(19-10-4-3-5-11-19)29(36)34-17-9-15-23(34)28-33-26-21(13-8-16-24(26)37-28)20-12-6-7-14-22(20)30/h6-8,12-14,16,18-19,23,25,31H,3-5,9-11,15,17H2,1-2H3,(H,32,35)/t18-,23-,25-/m0/s1. The normalized spacial score (nSPS) is 20.2. The Bertz CT molecular complexity index is 1270. The number of amides is 2. The average Bonchev–Trinajstić information content (AvgIpc) is 3.59. The summed E-state index contributed by atoms with van der Waals surface area (Å²) in [4.78, 5) is 34.0. The van der Waals surface area contributed by atoms with Crippen LogP contribution in [0.25, 0.3) is 21.3 Å². The molecule has 0 bridgehead atoms. The van der Waals surface area contributed by atoms with E-state index < -0.39 is 6.04 Å². The van der Waals surface area contributed by atoms with Gasteiger partial charge in [-0.1, -0.05) is 61.2 Å². The minimum absolute atomic E-state index is 0.0386. The molecule has 2 fully saturated rings. The minimum Gasteiger partial charge on any atom is -0.343 e. The van der Waals surface area contributed by atoms with Gasteiger partial charge in [0, 0.05) is 22.7 Å². The third kappa shape index (κ3) is 5.40. The van der Waals surface area contributed by atoms with Gasteiger partial charge in [0.1, 0.15) is 11.0 Å². The quantitative estimate of drug-likeness (QED) is 0.389. The Morgan fingerprint density at radius 3 is 2.54 bits per heavy atom. The molecular formula is C29H35ClN4O2S. The summed E-state index contributed by atoms with van der Waals surface area (Å²) < 4.78 is 1.09. The Balaban J connectivity index is 1.45. The molecule has 1 aromatic heterocycles. The highest BCUT2D eigenvalue weighted by Gasteiger charge is 2.40. The maximum atomic E-state index is 14.1. The summed E-state index contributed by atoms with van der Waals surface area (Å²) in [6, 6.07) is 13.1. The first kappa shape index (κ1) is 26.1. The van der Waals surface area contributed by atoms with Crippen LogP contribution in [0, 0.1) is 5.92 Å². The molecule has 2 aliphatic rings. The Morgan fingerprint density at radius 2 is 1.78 bits per heavy atom. The summed E-state index contributed by atoms with van der Waals surface area (Å²) in [5.41, 5.74) is 2.90. The van der Waals surface area contributed by atoms with E-state index >= 15 is 0 Å². The number of carbonyl (C=O) groups excluding carboxylic acids is 2. The van der Waals surface area contributed by atoms with Crippen LogP contribution in [0.3, 0.4) is 0 Å². The fraction of sp³-hybridized carbons (Fsp3) is 0.483. The fourth-order valence-corrected chi connectivity index (χ4v) is 7.11. The first-order valence-corrected chi connectivity index (χ1v) is 14.6. The molecule has 1 saturated carbocycles. The van der Waals surface area contributed by atoms with Gasteiger partial charge in [-0.3, -0.25) is 9.59 Å². The van der Waals surface area contributed by atoms with Crippen LogP contribution in [0.15, 0.2) is 42.5 Å². The van der Waals surface area contributed by atoms with Crippen molar-refractivity contribution in [2.75, 3.05) is 13.6 Å². The monoisotopic (exact) mass is 538 g/mol. The van der Waals surface area contributed by atoms with Gasteiger partial charge in [-0.2, -0.15) is 0 Å². The summed E-state index contributed by atoms with van der Waals surface area (Å²) >= 11 is 8.18. The van der Waals surface area contributed by atoms with E-state index in [4.69, 9.17) is 16.6 Å². The van der Waals surface area contributed by atoms with Crippen LogP contribution in [-0.2, 0) is 9.59 Å². The summed E-state index contributed by atoms with van der Waals surface area (Å²) in [5.74, 6) is 0.0980. The van der Waals surface area contributed by atoms with Crippen molar-refractivity contribution in [1.29, 1.82) is 0 Å². The van der Waals surface area contributed by atoms with Crippen LogP contribution < -0.4 is 10.6 Å². The Hall–Kier alpha value is -2.48. The molecule has 0 spiro atoms. The zero-order valence-electron chi connectivity index (χ0n) is 21.5. The van der Waals surface area contributed by atoms with Crippen molar-refractivity contribution in [2.45, 2.75) is 70.0 Å². The van der Waals surface area contributed by atoms with E-state index in [2.05, 4.69) is 22.8 Å². The highest BCUT2D eigenvalue weighted by molar-refractivity contribution is 7.18. The number of carbonyl (C=O) groups is 2. The van der Waals surface area contributed by atoms with Crippen LogP contribution in [0.2, 0.25) is 5.02 Å². The predicted octanol–water partition coefficient (Wildman–Crippen LogP) is 5.95. The van der Waals surface area contributed by atoms with Gasteiger partial charge in [-0.25, -0.2) is 4.98 Å². The average molecular weight is 539 g/mol. The highest BCUT2D eigenvalue weighted by Crippen LogP contribution is 2.41. The van der Waals surface area contributed by atoms with E-state index in [-0.39, 0.29) is 29.8 Å². The molecule has 5 rings (SSSR count). The smallest absolute Gasteiger partial charge is 0.246 e. The maximum absolute atomic E-state index is 14.1. The molecular weight excluding hydrogens is 504 g/mol. The van der Waals surface area contributed by atoms with Crippen LogP contribution >= 0.6 is 22.9 Å².